The van der Waals surface area contributed by atoms with Gasteiger partial charge in [-0.15, -0.1) is 0 Å². The minimum atomic E-state index is -0.208. The molecule has 0 fully saturated rings. The maximum Gasteiger partial charge on any atom is 2.00 e. The third-order valence-electron chi connectivity index (χ3n) is 1.91. The molecule has 6 nitrogen and oxygen atoms in total. The van der Waals surface area contributed by atoms with Crippen molar-refractivity contribution in [2.45, 2.75) is 13.5 Å². The Kier molecular flexibility index (Phi) is 6.83. The molecular formula is C9H13N4NiO2S+3. The van der Waals surface area contributed by atoms with E-state index in [1.165, 1.54) is 12.4 Å². The molecule has 0 aromatic carbocycles. The third kappa shape index (κ3) is 4.35. The number of aliphatic hydroxyl groups excluding tert-OH is 1. The summed E-state index contributed by atoms with van der Waals surface area (Å²) in [4.78, 5) is 3.97. The van der Waals surface area contributed by atoms with E-state index in [0.29, 0.717) is 16.8 Å². The summed E-state index contributed by atoms with van der Waals surface area (Å²) in [5, 5.41) is 20.5. The van der Waals surface area contributed by atoms with Crippen LogP contribution in [-0.4, -0.2) is 26.5 Å². The Bertz CT molecular complexity index is 439. The van der Waals surface area contributed by atoms with E-state index in [-0.39, 0.29) is 34.0 Å². The number of thiol groups is 1. The molecule has 0 saturated heterocycles. The average Bonchev–Trinajstić information content (AvgIpc) is 2.24. The summed E-state index contributed by atoms with van der Waals surface area (Å²) in [7, 11) is 0. The van der Waals surface area contributed by atoms with Crippen molar-refractivity contribution in [3.63, 3.8) is 0 Å². The zero-order valence-corrected chi connectivity index (χ0v) is 10.9. The molecule has 1 rings (SSSR count). The van der Waals surface area contributed by atoms with Gasteiger partial charge >= 0.3 is 16.5 Å². The monoisotopic (exact) mass is 299 g/mol. The molecule has 0 spiro atoms. The van der Waals surface area contributed by atoms with Gasteiger partial charge in [-0.1, -0.05) is 0 Å². The fourth-order valence-corrected chi connectivity index (χ4v) is 1.14. The van der Waals surface area contributed by atoms with Crippen LogP contribution in [0.2, 0.25) is 0 Å². The van der Waals surface area contributed by atoms with Crippen LogP contribution in [0.25, 0.3) is 5.43 Å². The van der Waals surface area contributed by atoms with Crippen LogP contribution in [0.4, 0.5) is 0 Å². The van der Waals surface area contributed by atoms with Crippen molar-refractivity contribution in [1.29, 1.82) is 0 Å². The number of aromatic nitrogens is 1. The Morgan fingerprint density at radius 1 is 1.76 bits per heavy atom. The van der Waals surface area contributed by atoms with Crippen LogP contribution in [0.15, 0.2) is 11.3 Å². The molecule has 0 aliphatic carbocycles. The molecule has 0 saturated carbocycles. The maximum absolute atomic E-state index is 9.08. The summed E-state index contributed by atoms with van der Waals surface area (Å²) < 4.78 is 0. The van der Waals surface area contributed by atoms with E-state index in [0.717, 1.165) is 0 Å². The minimum Gasteiger partial charge on any atom is -0.592 e. The van der Waals surface area contributed by atoms with Gasteiger partial charge in [0, 0.05) is 18.0 Å². The van der Waals surface area contributed by atoms with E-state index in [1.807, 2.05) is 0 Å². The number of nitrogens with zero attached hydrogens (tertiary/aromatic N) is 3. The molecular weight excluding hydrogens is 287 g/mol. The zero-order chi connectivity index (χ0) is 12.1. The van der Waals surface area contributed by atoms with E-state index in [2.05, 4.69) is 27.7 Å². The van der Waals surface area contributed by atoms with Crippen molar-refractivity contribution in [2.75, 3.05) is 0 Å². The van der Waals surface area contributed by atoms with Crippen molar-refractivity contribution >= 4 is 23.5 Å². The summed E-state index contributed by atoms with van der Waals surface area (Å²) in [5.41, 5.74) is 10.3. The van der Waals surface area contributed by atoms with E-state index >= 15 is 0 Å². The molecule has 5 N–H and O–H groups in total. The Hall–Kier alpha value is -1.08. The van der Waals surface area contributed by atoms with E-state index in [1.54, 1.807) is 6.92 Å². The van der Waals surface area contributed by atoms with Gasteiger partial charge in [-0.25, -0.2) is 0 Å². The van der Waals surface area contributed by atoms with Crippen LogP contribution < -0.4 is 5.73 Å². The summed E-state index contributed by atoms with van der Waals surface area (Å²) in [6.07, 6.45) is 2.86. The van der Waals surface area contributed by atoms with Gasteiger partial charge < -0.3 is 20.7 Å². The fourth-order valence-electron chi connectivity index (χ4n) is 1.08. The standard InChI is InChI=1S/C9H12N4O2S.Ni/c1-5-8(15)7(3-12-13-9(10)16)6(4-14)2-11-5;/h2-3,14H,4H2,1H3,(H4,10,11,12,13,15,16);/q;+2/p+1. The largest absolute Gasteiger partial charge is 2.00 e. The molecule has 0 radical (unpaired) electrons. The summed E-state index contributed by atoms with van der Waals surface area (Å²) in [5.74, 6) is 0.211. The third-order valence-corrected chi connectivity index (χ3v) is 2.00. The smallest absolute Gasteiger partial charge is 0.592 e. The summed E-state index contributed by atoms with van der Waals surface area (Å²) in [6.45, 7) is 1.50. The molecule has 0 amide bonds. The van der Waals surface area contributed by atoms with Gasteiger partial charge in [-0.05, 0) is 6.92 Å². The molecule has 0 unspecified atom stereocenters. The van der Waals surface area contributed by atoms with Gasteiger partial charge in [0.1, 0.15) is 5.69 Å². The van der Waals surface area contributed by atoms with Gasteiger partial charge in [0.05, 0.1) is 12.2 Å². The molecule has 1 heterocycles. The predicted molar refractivity (Wildman–Crippen MR) is 66.9 cm³/mol. The first-order valence-corrected chi connectivity index (χ1v) is 4.87. The van der Waals surface area contributed by atoms with Crippen LogP contribution in [0.1, 0.15) is 16.8 Å². The number of hydrogen-bond donors (Lipinski definition) is 2. The summed E-state index contributed by atoms with van der Waals surface area (Å²) >= 11 is 3.74. The number of aryl methyl sites for hydroxylation is 1. The SMILES string of the molecule is Cc1ncc(CO)c(C=N[N-]C(N)=[SH+])c1[OH2+].[Ni+2]. The van der Waals surface area contributed by atoms with E-state index in [4.69, 9.17) is 15.9 Å². The first-order chi connectivity index (χ1) is 7.56. The van der Waals surface area contributed by atoms with Crippen LogP contribution in [0.5, 0.6) is 5.75 Å². The van der Waals surface area contributed by atoms with Crippen molar-refractivity contribution in [3.05, 3.63) is 28.4 Å². The van der Waals surface area contributed by atoms with Crippen molar-refractivity contribution in [3.8, 4) is 5.75 Å². The molecule has 8 heteroatoms. The van der Waals surface area contributed by atoms with Crippen LogP contribution in [0.3, 0.4) is 0 Å². The molecule has 1 aromatic heterocycles. The Labute approximate surface area is 114 Å². The second-order valence-electron chi connectivity index (χ2n) is 3.02. The first kappa shape index (κ1) is 15.9. The number of nitrogens with two attached hydrogens (primary N) is 1. The number of hydrogen-bond acceptors (Lipinski definition) is 3. The Morgan fingerprint density at radius 2 is 2.41 bits per heavy atom. The fraction of sp³-hybridized carbons (Fsp3) is 0.222. The molecule has 94 valence electrons. The topological polar surface area (TPSA) is 108 Å². The maximum atomic E-state index is 9.08. The molecule has 0 aliphatic heterocycles. The van der Waals surface area contributed by atoms with E-state index in [9.17, 15) is 0 Å². The average molecular weight is 300 g/mol. The number of pyridine rings is 1. The number of rotatable bonds is 3. The van der Waals surface area contributed by atoms with Crippen LogP contribution >= 0.6 is 0 Å². The van der Waals surface area contributed by atoms with Crippen molar-refractivity contribution in [2.24, 2.45) is 10.8 Å². The number of aliphatic hydroxyl groups is 1. The summed E-state index contributed by atoms with van der Waals surface area (Å²) in [6, 6.07) is 0. The second-order valence-corrected chi connectivity index (χ2v) is 3.48. The molecule has 17 heavy (non-hydrogen) atoms. The van der Waals surface area contributed by atoms with Gasteiger partial charge in [0.15, 0.2) is 17.3 Å². The predicted octanol–water partition coefficient (Wildman–Crippen LogP) is -0.649. The van der Waals surface area contributed by atoms with Crippen LogP contribution in [0, 0.1) is 6.92 Å². The Morgan fingerprint density at radius 3 is 2.94 bits per heavy atom. The zero-order valence-electron chi connectivity index (χ0n) is 8.99. The van der Waals surface area contributed by atoms with Gasteiger partial charge in [-0.3, -0.25) is 10.7 Å². The first-order valence-electron chi connectivity index (χ1n) is 4.42. The van der Waals surface area contributed by atoms with Gasteiger partial charge in [0.25, 0.3) is 5.75 Å². The van der Waals surface area contributed by atoms with Crippen LogP contribution in [-0.2, 0) is 35.3 Å². The molecule has 1 aromatic rings. The Balaban J connectivity index is 0.00000256. The molecule has 0 aliphatic rings. The van der Waals surface area contributed by atoms with Gasteiger partial charge in [0.2, 0.25) is 0 Å². The van der Waals surface area contributed by atoms with Gasteiger partial charge in [-0.2, -0.15) is 0 Å². The van der Waals surface area contributed by atoms with Crippen molar-refractivity contribution < 1.29 is 26.7 Å². The normalized spacial score (nSPS) is 10.1. The molecule has 0 atom stereocenters. The molecule has 0 bridgehead atoms. The minimum absolute atomic E-state index is 0. The second kappa shape index (κ2) is 7.29. The van der Waals surface area contributed by atoms with E-state index < -0.39 is 0 Å². The van der Waals surface area contributed by atoms with Crippen molar-refractivity contribution in [1.82, 2.24) is 4.98 Å². The quantitative estimate of drug-likeness (QED) is 0.193.